The third-order valence-electron chi connectivity index (χ3n) is 3.18. The van der Waals surface area contributed by atoms with Gasteiger partial charge in [-0.05, 0) is 18.2 Å². The Hall–Kier alpha value is -2.04. The molecule has 0 saturated carbocycles. The number of ether oxygens (including phenoxy) is 1. The number of benzene rings is 1. The van der Waals surface area contributed by atoms with Crippen molar-refractivity contribution in [2.75, 3.05) is 0 Å². The first kappa shape index (κ1) is 11.1. The van der Waals surface area contributed by atoms with Crippen LogP contribution in [-0.2, 0) is 20.0 Å². The predicted molar refractivity (Wildman–Crippen MR) is 64.2 cm³/mol. The molecule has 0 fully saturated rings. The lowest BCUT2D eigenvalue weighted by molar-refractivity contribution is 0.207. The zero-order chi connectivity index (χ0) is 12.7. The Kier molecular flexibility index (Phi) is 2.47. The van der Waals surface area contributed by atoms with Gasteiger partial charge in [0.05, 0.1) is 6.54 Å². The molecule has 1 aromatic carbocycles. The number of hydrogen-bond donors (Lipinski definition) is 0. The quantitative estimate of drug-likeness (QED) is 0.804. The fraction of sp³-hybridized carbons (Fsp3) is 0.308. The summed E-state index contributed by atoms with van der Waals surface area (Å²) in [5.74, 6) is 0.459. The molecule has 5 heteroatoms. The molecule has 1 aliphatic rings. The third kappa shape index (κ3) is 1.81. The van der Waals surface area contributed by atoms with Crippen LogP contribution in [0.2, 0.25) is 0 Å². The van der Waals surface area contributed by atoms with Crippen molar-refractivity contribution in [3.63, 3.8) is 0 Å². The van der Waals surface area contributed by atoms with Crippen molar-refractivity contribution < 1.29 is 9.13 Å². The molecule has 0 radical (unpaired) electrons. The van der Waals surface area contributed by atoms with E-state index in [1.165, 1.54) is 16.7 Å². The van der Waals surface area contributed by atoms with Gasteiger partial charge in [-0.1, -0.05) is 0 Å². The largest absolute Gasteiger partial charge is 0.488 e. The number of fused-ring (bicyclic) bond motifs is 1. The molecule has 3 rings (SSSR count). The Morgan fingerprint density at radius 1 is 1.44 bits per heavy atom. The smallest absolute Gasteiger partial charge is 0.327 e. The van der Waals surface area contributed by atoms with E-state index in [1.54, 1.807) is 30.1 Å². The monoisotopic (exact) mass is 248 g/mol. The lowest BCUT2D eigenvalue weighted by atomic mass is 10.1. The Labute approximate surface area is 103 Å². The SMILES string of the molecule is Cn1ccn(CC2Cc3cc(F)ccc3O2)c1=O. The van der Waals surface area contributed by atoms with Gasteiger partial charge in [0, 0.05) is 31.4 Å². The van der Waals surface area contributed by atoms with Gasteiger partial charge in [0.1, 0.15) is 17.7 Å². The van der Waals surface area contributed by atoms with Crippen molar-refractivity contribution in [3.05, 3.63) is 52.5 Å². The number of rotatable bonds is 2. The molecule has 0 spiro atoms. The van der Waals surface area contributed by atoms with E-state index in [0.29, 0.717) is 18.7 Å². The molecule has 0 aliphatic carbocycles. The van der Waals surface area contributed by atoms with E-state index in [9.17, 15) is 9.18 Å². The second-order valence-electron chi connectivity index (χ2n) is 4.54. The van der Waals surface area contributed by atoms with E-state index in [2.05, 4.69) is 0 Å². The summed E-state index contributed by atoms with van der Waals surface area (Å²) in [6.45, 7) is 0.482. The minimum Gasteiger partial charge on any atom is -0.488 e. The molecule has 0 N–H and O–H groups in total. The number of imidazole rings is 1. The van der Waals surface area contributed by atoms with Gasteiger partial charge >= 0.3 is 5.69 Å². The number of halogens is 1. The highest BCUT2D eigenvalue weighted by atomic mass is 19.1. The summed E-state index contributed by atoms with van der Waals surface area (Å²) >= 11 is 0. The fourth-order valence-corrected chi connectivity index (χ4v) is 2.26. The summed E-state index contributed by atoms with van der Waals surface area (Å²) in [4.78, 5) is 11.7. The Morgan fingerprint density at radius 2 is 2.28 bits per heavy atom. The second kappa shape index (κ2) is 4.01. The van der Waals surface area contributed by atoms with Crippen LogP contribution in [0, 0.1) is 5.82 Å². The lowest BCUT2D eigenvalue weighted by Gasteiger charge is -2.10. The van der Waals surface area contributed by atoms with Gasteiger partial charge in [-0.3, -0.25) is 4.57 Å². The predicted octanol–water partition coefficient (Wildman–Crippen LogP) is 1.33. The zero-order valence-corrected chi connectivity index (χ0v) is 9.97. The van der Waals surface area contributed by atoms with Gasteiger partial charge in [0.2, 0.25) is 0 Å². The van der Waals surface area contributed by atoms with Gasteiger partial charge in [0.25, 0.3) is 0 Å². The highest BCUT2D eigenvalue weighted by Crippen LogP contribution is 2.29. The fourth-order valence-electron chi connectivity index (χ4n) is 2.26. The molecule has 18 heavy (non-hydrogen) atoms. The Morgan fingerprint density at radius 3 is 3.00 bits per heavy atom. The molecule has 94 valence electrons. The summed E-state index contributed by atoms with van der Waals surface area (Å²) in [7, 11) is 1.71. The maximum Gasteiger partial charge on any atom is 0.327 e. The van der Waals surface area contributed by atoms with E-state index in [0.717, 1.165) is 5.56 Å². The highest BCUT2D eigenvalue weighted by molar-refractivity contribution is 5.37. The van der Waals surface area contributed by atoms with E-state index in [1.807, 2.05) is 0 Å². The topological polar surface area (TPSA) is 36.2 Å². The maximum atomic E-state index is 13.1. The van der Waals surface area contributed by atoms with Crippen LogP contribution in [0.3, 0.4) is 0 Å². The number of aromatic nitrogens is 2. The molecule has 0 bridgehead atoms. The third-order valence-corrected chi connectivity index (χ3v) is 3.18. The van der Waals surface area contributed by atoms with Crippen LogP contribution in [0.5, 0.6) is 5.75 Å². The zero-order valence-electron chi connectivity index (χ0n) is 9.97. The van der Waals surface area contributed by atoms with Crippen LogP contribution in [0.15, 0.2) is 35.4 Å². The van der Waals surface area contributed by atoms with Crippen molar-refractivity contribution in [2.45, 2.75) is 19.1 Å². The van der Waals surface area contributed by atoms with Crippen molar-refractivity contribution >= 4 is 0 Å². The maximum absolute atomic E-state index is 13.1. The van der Waals surface area contributed by atoms with Gasteiger partial charge in [-0.2, -0.15) is 0 Å². The van der Waals surface area contributed by atoms with Crippen molar-refractivity contribution in [1.82, 2.24) is 9.13 Å². The molecule has 1 atom stereocenters. The number of hydrogen-bond acceptors (Lipinski definition) is 2. The average Bonchev–Trinajstić information content (AvgIpc) is 2.86. The molecule has 2 aromatic rings. The summed E-state index contributed by atoms with van der Waals surface area (Å²) < 4.78 is 21.9. The minimum absolute atomic E-state index is 0.0688. The van der Waals surface area contributed by atoms with Crippen molar-refractivity contribution in [2.24, 2.45) is 7.05 Å². The second-order valence-corrected chi connectivity index (χ2v) is 4.54. The van der Waals surface area contributed by atoms with E-state index in [-0.39, 0.29) is 17.6 Å². The normalized spacial score (nSPS) is 17.6. The Bertz CT molecular complexity index is 645. The van der Waals surface area contributed by atoms with E-state index < -0.39 is 0 Å². The van der Waals surface area contributed by atoms with Crippen LogP contribution in [0.1, 0.15) is 5.56 Å². The highest BCUT2D eigenvalue weighted by Gasteiger charge is 2.24. The first-order valence-electron chi connectivity index (χ1n) is 5.80. The van der Waals surface area contributed by atoms with Crippen molar-refractivity contribution in [3.8, 4) is 5.75 Å². The Balaban J connectivity index is 1.79. The van der Waals surface area contributed by atoms with Crippen LogP contribution in [0.4, 0.5) is 4.39 Å². The van der Waals surface area contributed by atoms with Gasteiger partial charge in [-0.25, -0.2) is 9.18 Å². The number of aryl methyl sites for hydroxylation is 1. The van der Waals surface area contributed by atoms with Crippen molar-refractivity contribution in [1.29, 1.82) is 0 Å². The van der Waals surface area contributed by atoms with Gasteiger partial charge in [-0.15, -0.1) is 0 Å². The molecular formula is C13H13FN2O2. The molecule has 2 heterocycles. The molecule has 4 nitrogen and oxygen atoms in total. The van der Waals surface area contributed by atoms with Gasteiger partial charge in [0.15, 0.2) is 0 Å². The summed E-state index contributed by atoms with van der Waals surface area (Å²) in [6.07, 6.45) is 3.97. The summed E-state index contributed by atoms with van der Waals surface area (Å²) in [5.41, 5.74) is 0.796. The number of nitrogens with zero attached hydrogens (tertiary/aromatic N) is 2. The standard InChI is InChI=1S/C13H13FN2O2/c1-15-4-5-16(13(15)17)8-11-7-9-6-10(14)2-3-12(9)18-11/h2-6,11H,7-8H2,1H3. The molecule has 0 saturated heterocycles. The summed E-state index contributed by atoms with van der Waals surface area (Å²) in [6, 6.07) is 4.51. The first-order valence-corrected chi connectivity index (χ1v) is 5.80. The molecule has 0 amide bonds. The van der Waals surface area contributed by atoms with E-state index >= 15 is 0 Å². The lowest BCUT2D eigenvalue weighted by Crippen LogP contribution is -2.29. The van der Waals surface area contributed by atoms with Crippen LogP contribution in [-0.4, -0.2) is 15.2 Å². The molecule has 1 unspecified atom stereocenters. The van der Waals surface area contributed by atoms with Crippen LogP contribution < -0.4 is 10.4 Å². The molecule has 1 aliphatic heterocycles. The van der Waals surface area contributed by atoms with E-state index in [4.69, 9.17) is 4.74 Å². The average molecular weight is 248 g/mol. The van der Waals surface area contributed by atoms with Crippen LogP contribution in [0.25, 0.3) is 0 Å². The minimum atomic E-state index is -0.255. The molecule has 1 aromatic heterocycles. The van der Waals surface area contributed by atoms with Crippen LogP contribution >= 0.6 is 0 Å². The first-order chi connectivity index (χ1) is 8.63. The van der Waals surface area contributed by atoms with Gasteiger partial charge < -0.3 is 9.30 Å². The molecular weight excluding hydrogens is 235 g/mol. The summed E-state index contributed by atoms with van der Waals surface area (Å²) in [5, 5.41) is 0.